The van der Waals surface area contributed by atoms with Gasteiger partial charge in [0.1, 0.15) is 0 Å². The van der Waals surface area contributed by atoms with Gasteiger partial charge < -0.3 is 15.4 Å². The normalized spacial score (nSPS) is 10.8. The number of aromatic nitrogens is 2. The Morgan fingerprint density at radius 1 is 1.17 bits per heavy atom. The number of hydrogen-bond acceptors (Lipinski definition) is 5. The van der Waals surface area contributed by atoms with E-state index in [0.29, 0.717) is 0 Å². The Hall–Kier alpha value is -1.04. The molecule has 102 valence electrons. The van der Waals surface area contributed by atoms with Gasteiger partial charge in [-0.25, -0.2) is 0 Å². The zero-order chi connectivity index (χ0) is 13.2. The van der Waals surface area contributed by atoms with Crippen molar-refractivity contribution in [3.8, 4) is 0 Å². The van der Waals surface area contributed by atoms with Crippen LogP contribution >= 0.6 is 0 Å². The minimum Gasteiger partial charge on any atom is -0.383 e. The van der Waals surface area contributed by atoms with Crippen LogP contribution in [0.4, 0.5) is 0 Å². The van der Waals surface area contributed by atoms with Gasteiger partial charge in [0.2, 0.25) is 0 Å². The molecule has 0 amide bonds. The van der Waals surface area contributed by atoms with E-state index >= 15 is 0 Å². The lowest BCUT2D eigenvalue weighted by Gasteiger charge is -2.09. The fourth-order valence-corrected chi connectivity index (χ4v) is 1.72. The molecule has 0 atom stereocenters. The maximum absolute atomic E-state index is 4.96. The summed E-state index contributed by atoms with van der Waals surface area (Å²) in [5.74, 6) is 0. The molecule has 0 radical (unpaired) electrons. The van der Waals surface area contributed by atoms with Gasteiger partial charge in [0.05, 0.1) is 18.0 Å². The molecular formula is C13H24N4O. The van der Waals surface area contributed by atoms with Crippen LogP contribution in [-0.2, 0) is 17.7 Å². The van der Waals surface area contributed by atoms with Crippen molar-refractivity contribution in [2.45, 2.75) is 26.8 Å². The van der Waals surface area contributed by atoms with Gasteiger partial charge in [-0.15, -0.1) is 0 Å². The summed E-state index contributed by atoms with van der Waals surface area (Å²) in [5.41, 5.74) is 3.31. The topological polar surface area (TPSA) is 59.1 Å². The molecule has 0 aliphatic heterocycles. The summed E-state index contributed by atoms with van der Waals surface area (Å²) < 4.78 is 4.96. The number of ether oxygens (including phenoxy) is 1. The third kappa shape index (κ3) is 5.53. The van der Waals surface area contributed by atoms with Gasteiger partial charge >= 0.3 is 0 Å². The summed E-state index contributed by atoms with van der Waals surface area (Å²) in [4.78, 5) is 0. The largest absolute Gasteiger partial charge is 0.383 e. The molecule has 0 unspecified atom stereocenters. The number of aryl methyl sites for hydroxylation is 2. The van der Waals surface area contributed by atoms with Gasteiger partial charge in [0.15, 0.2) is 0 Å². The quantitative estimate of drug-likeness (QED) is 0.633. The molecule has 0 saturated heterocycles. The first-order valence-corrected chi connectivity index (χ1v) is 6.50. The summed E-state index contributed by atoms with van der Waals surface area (Å²) >= 11 is 0. The Balaban J connectivity index is 2.24. The average molecular weight is 252 g/mol. The maximum atomic E-state index is 4.96. The van der Waals surface area contributed by atoms with Crippen molar-refractivity contribution >= 4 is 0 Å². The molecule has 5 nitrogen and oxygen atoms in total. The fraction of sp³-hybridized carbons (Fsp3) is 0.692. The van der Waals surface area contributed by atoms with Crippen LogP contribution < -0.4 is 10.6 Å². The first-order chi connectivity index (χ1) is 8.77. The first-order valence-electron chi connectivity index (χ1n) is 6.50. The number of nitrogens with zero attached hydrogens (tertiary/aromatic N) is 2. The fourth-order valence-electron chi connectivity index (χ4n) is 1.72. The Morgan fingerprint density at radius 3 is 2.67 bits per heavy atom. The molecule has 1 aromatic rings. The molecule has 0 saturated carbocycles. The molecule has 2 N–H and O–H groups in total. The van der Waals surface area contributed by atoms with Crippen LogP contribution in [0.3, 0.4) is 0 Å². The molecule has 0 aromatic carbocycles. The van der Waals surface area contributed by atoms with E-state index in [2.05, 4.69) is 33.8 Å². The summed E-state index contributed by atoms with van der Waals surface area (Å²) in [5, 5.41) is 15.0. The van der Waals surface area contributed by atoms with Gasteiger partial charge in [-0.05, 0) is 25.0 Å². The molecule has 0 aliphatic carbocycles. The van der Waals surface area contributed by atoms with E-state index in [1.165, 1.54) is 5.56 Å². The molecule has 5 heteroatoms. The molecule has 1 heterocycles. The smallest absolute Gasteiger partial charge is 0.0673 e. The average Bonchev–Trinajstić information content (AvgIpc) is 2.38. The van der Waals surface area contributed by atoms with E-state index in [4.69, 9.17) is 4.74 Å². The second-order valence-corrected chi connectivity index (χ2v) is 4.23. The molecule has 0 fully saturated rings. The molecule has 0 spiro atoms. The highest BCUT2D eigenvalue weighted by Crippen LogP contribution is 2.06. The number of rotatable bonds is 9. The van der Waals surface area contributed by atoms with E-state index < -0.39 is 0 Å². The second-order valence-electron chi connectivity index (χ2n) is 4.23. The maximum Gasteiger partial charge on any atom is 0.0673 e. The third-order valence-electron chi connectivity index (χ3n) is 2.69. The van der Waals surface area contributed by atoms with Gasteiger partial charge in [-0.3, -0.25) is 0 Å². The zero-order valence-corrected chi connectivity index (χ0v) is 11.6. The highest BCUT2D eigenvalue weighted by molar-refractivity contribution is 5.20. The molecule has 1 rings (SSSR count). The van der Waals surface area contributed by atoms with Crippen LogP contribution in [0.25, 0.3) is 0 Å². The lowest BCUT2D eigenvalue weighted by Crippen LogP contribution is -2.29. The predicted molar refractivity (Wildman–Crippen MR) is 72.6 cm³/mol. The minimum absolute atomic E-state index is 0.757. The summed E-state index contributed by atoms with van der Waals surface area (Å²) in [6.07, 6.45) is 0.927. The lowest BCUT2D eigenvalue weighted by molar-refractivity contribution is 0.199. The summed E-state index contributed by atoms with van der Waals surface area (Å²) in [7, 11) is 1.71. The van der Waals surface area contributed by atoms with Crippen molar-refractivity contribution < 1.29 is 4.74 Å². The second kappa shape index (κ2) is 8.97. The van der Waals surface area contributed by atoms with E-state index in [1.54, 1.807) is 7.11 Å². The highest BCUT2D eigenvalue weighted by Gasteiger charge is 2.03. The van der Waals surface area contributed by atoms with Crippen LogP contribution in [0.1, 0.15) is 23.9 Å². The van der Waals surface area contributed by atoms with Crippen molar-refractivity contribution in [1.29, 1.82) is 0 Å². The van der Waals surface area contributed by atoms with Gasteiger partial charge in [-0.1, -0.05) is 6.92 Å². The van der Waals surface area contributed by atoms with Gasteiger partial charge in [0.25, 0.3) is 0 Å². The number of nitrogens with one attached hydrogen (secondary N) is 2. The molecule has 1 aromatic heterocycles. The van der Waals surface area contributed by atoms with Crippen LogP contribution in [-0.4, -0.2) is 43.5 Å². The minimum atomic E-state index is 0.757. The molecule has 0 aliphatic rings. The van der Waals surface area contributed by atoms with Gasteiger partial charge in [-0.2, -0.15) is 10.2 Å². The SMILES string of the molecule is CCc1nnc(C)cc1CNCCNCCOC. The van der Waals surface area contributed by atoms with E-state index in [9.17, 15) is 0 Å². The van der Waals surface area contributed by atoms with Gasteiger partial charge in [0, 0.05) is 33.3 Å². The Morgan fingerprint density at radius 2 is 1.94 bits per heavy atom. The standard InChI is InChI=1S/C13H24N4O/c1-4-13-12(9-11(2)16-17-13)10-15-6-5-14-7-8-18-3/h9,14-15H,4-8,10H2,1-3H3. The van der Waals surface area contributed by atoms with Crippen LogP contribution in [0.15, 0.2) is 6.07 Å². The van der Waals surface area contributed by atoms with Crippen LogP contribution in [0.2, 0.25) is 0 Å². The van der Waals surface area contributed by atoms with Crippen molar-refractivity contribution in [2.75, 3.05) is 33.4 Å². The molecular weight excluding hydrogens is 228 g/mol. The van der Waals surface area contributed by atoms with E-state index in [-0.39, 0.29) is 0 Å². The Labute approximate surface area is 109 Å². The van der Waals surface area contributed by atoms with Crippen molar-refractivity contribution in [3.63, 3.8) is 0 Å². The number of methoxy groups -OCH3 is 1. The third-order valence-corrected chi connectivity index (χ3v) is 2.69. The van der Waals surface area contributed by atoms with Crippen molar-refractivity contribution in [3.05, 3.63) is 23.0 Å². The summed E-state index contributed by atoms with van der Waals surface area (Å²) in [6.45, 7) is 8.47. The number of hydrogen-bond donors (Lipinski definition) is 2. The Kier molecular flexibility index (Phi) is 7.48. The monoisotopic (exact) mass is 252 g/mol. The van der Waals surface area contributed by atoms with Crippen molar-refractivity contribution in [1.82, 2.24) is 20.8 Å². The van der Waals surface area contributed by atoms with Crippen LogP contribution in [0.5, 0.6) is 0 Å². The Bertz CT molecular complexity index is 344. The molecule has 18 heavy (non-hydrogen) atoms. The lowest BCUT2D eigenvalue weighted by atomic mass is 10.1. The summed E-state index contributed by atoms with van der Waals surface area (Å²) in [6, 6.07) is 2.11. The zero-order valence-electron chi connectivity index (χ0n) is 11.6. The molecule has 0 bridgehead atoms. The predicted octanol–water partition coefficient (Wildman–Crippen LogP) is 0.673. The van der Waals surface area contributed by atoms with Crippen molar-refractivity contribution in [2.24, 2.45) is 0 Å². The first kappa shape index (κ1) is 15.0. The highest BCUT2D eigenvalue weighted by atomic mass is 16.5. The van der Waals surface area contributed by atoms with E-state index in [0.717, 1.165) is 50.6 Å². The van der Waals surface area contributed by atoms with Crippen LogP contribution in [0, 0.1) is 6.92 Å². The van der Waals surface area contributed by atoms with E-state index in [1.807, 2.05) is 6.92 Å².